The zero-order chi connectivity index (χ0) is 11.8. The van der Waals surface area contributed by atoms with Crippen LogP contribution in [0.1, 0.15) is 17.5 Å². The van der Waals surface area contributed by atoms with Crippen molar-refractivity contribution in [1.82, 2.24) is 4.90 Å². The number of likely N-dealkylation sites (N-methyl/N-ethyl adjacent to an activating group) is 1. The topological polar surface area (TPSA) is 16.4 Å². The molecule has 3 rings (SSSR count). The Bertz CT molecular complexity index is 580. The third kappa shape index (κ3) is 1.89. The van der Waals surface area contributed by atoms with E-state index >= 15 is 0 Å². The fraction of sp³-hybridized carbons (Fsp3) is 0.333. The summed E-state index contributed by atoms with van der Waals surface area (Å²) >= 11 is 0. The minimum Gasteiger partial charge on any atom is -0.464 e. The maximum absolute atomic E-state index is 5.66. The average molecular weight is 227 g/mol. The molecule has 1 aromatic carbocycles. The second-order valence-electron chi connectivity index (χ2n) is 4.89. The smallest absolute Gasteiger partial charge is 0.134 e. The van der Waals surface area contributed by atoms with Crippen molar-refractivity contribution in [2.45, 2.75) is 13.3 Å². The first-order valence-corrected chi connectivity index (χ1v) is 6.10. The van der Waals surface area contributed by atoms with E-state index in [0.29, 0.717) is 0 Å². The molecule has 0 amide bonds. The molecule has 0 unspecified atom stereocenters. The Labute approximate surface area is 102 Å². The molecule has 2 heteroatoms. The molecule has 0 N–H and O–H groups in total. The molecule has 1 aliphatic heterocycles. The van der Waals surface area contributed by atoms with Gasteiger partial charge >= 0.3 is 0 Å². The monoisotopic (exact) mass is 227 g/mol. The van der Waals surface area contributed by atoms with Crippen LogP contribution in [0.2, 0.25) is 0 Å². The molecule has 0 bridgehead atoms. The van der Waals surface area contributed by atoms with E-state index in [4.69, 9.17) is 4.42 Å². The molecular formula is C15H17NO. The third-order valence-electron chi connectivity index (χ3n) is 3.49. The fourth-order valence-electron chi connectivity index (χ4n) is 2.40. The van der Waals surface area contributed by atoms with Crippen molar-refractivity contribution in [3.05, 3.63) is 41.7 Å². The first-order valence-electron chi connectivity index (χ1n) is 6.10. The zero-order valence-electron chi connectivity index (χ0n) is 10.4. The first kappa shape index (κ1) is 10.6. The summed E-state index contributed by atoms with van der Waals surface area (Å²) < 4.78 is 5.66. The largest absolute Gasteiger partial charge is 0.464 e. The highest BCUT2D eigenvalue weighted by atomic mass is 16.3. The second kappa shape index (κ2) is 4.04. The summed E-state index contributed by atoms with van der Waals surface area (Å²) in [6, 6.07) is 6.42. The molecule has 2 nitrogen and oxygen atoms in total. The number of fused-ring (bicyclic) bond motifs is 1. The normalized spacial score (nSPS) is 17.4. The third-order valence-corrected chi connectivity index (χ3v) is 3.49. The Balaban J connectivity index is 2.06. The second-order valence-corrected chi connectivity index (χ2v) is 4.89. The van der Waals surface area contributed by atoms with Crippen LogP contribution in [-0.4, -0.2) is 25.0 Å². The molecule has 1 aromatic heterocycles. The van der Waals surface area contributed by atoms with Crippen molar-refractivity contribution in [2.75, 3.05) is 20.1 Å². The fourth-order valence-corrected chi connectivity index (χ4v) is 2.40. The Morgan fingerprint density at radius 2 is 2.18 bits per heavy atom. The lowest BCUT2D eigenvalue weighted by Gasteiger charge is -2.21. The van der Waals surface area contributed by atoms with Crippen LogP contribution in [0.4, 0.5) is 0 Å². The van der Waals surface area contributed by atoms with Crippen molar-refractivity contribution < 1.29 is 4.42 Å². The maximum atomic E-state index is 5.66. The maximum Gasteiger partial charge on any atom is 0.134 e. The van der Waals surface area contributed by atoms with E-state index in [1.165, 1.54) is 22.1 Å². The summed E-state index contributed by atoms with van der Waals surface area (Å²) in [5.41, 5.74) is 4.94. The highest BCUT2D eigenvalue weighted by molar-refractivity contribution is 5.91. The van der Waals surface area contributed by atoms with Gasteiger partial charge in [-0.2, -0.15) is 0 Å². The number of rotatable bonds is 1. The Morgan fingerprint density at radius 3 is 2.94 bits per heavy atom. The van der Waals surface area contributed by atoms with Crippen LogP contribution >= 0.6 is 0 Å². The van der Waals surface area contributed by atoms with Crippen molar-refractivity contribution >= 4 is 16.5 Å². The minimum atomic E-state index is 1.000. The predicted octanol–water partition coefficient (Wildman–Crippen LogP) is 3.46. The molecule has 88 valence electrons. The SMILES string of the molecule is Cc1ccc2c(C3=CCN(C)CC3)coc2c1. The van der Waals surface area contributed by atoms with Crippen LogP contribution < -0.4 is 0 Å². The predicted molar refractivity (Wildman–Crippen MR) is 71.0 cm³/mol. The molecule has 0 aliphatic carbocycles. The Morgan fingerprint density at radius 1 is 1.29 bits per heavy atom. The molecule has 17 heavy (non-hydrogen) atoms. The molecule has 0 spiro atoms. The summed E-state index contributed by atoms with van der Waals surface area (Å²) in [5, 5.41) is 1.24. The number of benzene rings is 1. The van der Waals surface area contributed by atoms with Gasteiger partial charge in [-0.3, -0.25) is 0 Å². The molecular weight excluding hydrogens is 210 g/mol. The molecule has 0 atom stereocenters. The summed E-state index contributed by atoms with van der Waals surface area (Å²) in [6.07, 6.45) is 5.33. The highest BCUT2D eigenvalue weighted by Crippen LogP contribution is 2.31. The molecule has 2 heterocycles. The van der Waals surface area contributed by atoms with E-state index in [0.717, 1.165) is 25.1 Å². The van der Waals surface area contributed by atoms with Gasteiger partial charge in [0.1, 0.15) is 5.58 Å². The number of nitrogens with zero attached hydrogens (tertiary/aromatic N) is 1. The number of hydrogen-bond acceptors (Lipinski definition) is 2. The van der Waals surface area contributed by atoms with Crippen molar-refractivity contribution in [2.24, 2.45) is 0 Å². The molecule has 1 aliphatic rings. The molecule has 0 saturated heterocycles. The van der Waals surface area contributed by atoms with Crippen molar-refractivity contribution in [1.29, 1.82) is 0 Å². The minimum absolute atomic E-state index is 1.000. The van der Waals surface area contributed by atoms with Crippen molar-refractivity contribution in [3.63, 3.8) is 0 Å². The first-order chi connectivity index (χ1) is 8.24. The quantitative estimate of drug-likeness (QED) is 0.741. The summed E-state index contributed by atoms with van der Waals surface area (Å²) in [7, 11) is 2.16. The van der Waals surface area contributed by atoms with Crippen LogP contribution in [0.25, 0.3) is 16.5 Å². The van der Waals surface area contributed by atoms with Gasteiger partial charge in [-0.15, -0.1) is 0 Å². The van der Waals surface area contributed by atoms with E-state index in [9.17, 15) is 0 Å². The summed E-state index contributed by atoms with van der Waals surface area (Å²) in [5.74, 6) is 0. The van der Waals surface area contributed by atoms with Crippen LogP contribution in [-0.2, 0) is 0 Å². The molecule has 0 fully saturated rings. The summed E-state index contributed by atoms with van der Waals surface area (Å²) in [4.78, 5) is 2.33. The van der Waals surface area contributed by atoms with Crippen LogP contribution in [0.5, 0.6) is 0 Å². The number of furan rings is 1. The van der Waals surface area contributed by atoms with E-state index < -0.39 is 0 Å². The zero-order valence-corrected chi connectivity index (χ0v) is 10.4. The van der Waals surface area contributed by atoms with Gasteiger partial charge in [-0.25, -0.2) is 0 Å². The molecule has 0 radical (unpaired) electrons. The lowest BCUT2D eigenvalue weighted by molar-refractivity contribution is 0.370. The van der Waals surface area contributed by atoms with Gasteiger partial charge in [0.05, 0.1) is 6.26 Å². The van der Waals surface area contributed by atoms with Gasteiger partial charge in [-0.05, 0) is 37.6 Å². The van der Waals surface area contributed by atoms with Gasteiger partial charge in [0, 0.05) is 24.0 Å². The van der Waals surface area contributed by atoms with Gasteiger partial charge in [0.2, 0.25) is 0 Å². The Kier molecular flexibility index (Phi) is 2.52. The van der Waals surface area contributed by atoms with E-state index in [1.54, 1.807) is 0 Å². The van der Waals surface area contributed by atoms with E-state index in [-0.39, 0.29) is 0 Å². The lowest BCUT2D eigenvalue weighted by Crippen LogP contribution is -2.23. The average Bonchev–Trinajstić information content (AvgIpc) is 2.73. The van der Waals surface area contributed by atoms with Crippen LogP contribution in [0.15, 0.2) is 35.0 Å². The molecule has 2 aromatic rings. The van der Waals surface area contributed by atoms with Crippen LogP contribution in [0.3, 0.4) is 0 Å². The van der Waals surface area contributed by atoms with Gasteiger partial charge < -0.3 is 9.32 Å². The number of aryl methyl sites for hydroxylation is 1. The van der Waals surface area contributed by atoms with Gasteiger partial charge in [0.25, 0.3) is 0 Å². The van der Waals surface area contributed by atoms with Gasteiger partial charge in [-0.1, -0.05) is 18.2 Å². The van der Waals surface area contributed by atoms with E-state index in [1.807, 2.05) is 6.26 Å². The van der Waals surface area contributed by atoms with E-state index in [2.05, 4.69) is 43.1 Å². The highest BCUT2D eigenvalue weighted by Gasteiger charge is 2.14. The van der Waals surface area contributed by atoms with Gasteiger partial charge in [0.15, 0.2) is 0 Å². The van der Waals surface area contributed by atoms with Crippen molar-refractivity contribution in [3.8, 4) is 0 Å². The Hall–Kier alpha value is -1.54. The molecule has 0 saturated carbocycles. The summed E-state index contributed by atoms with van der Waals surface area (Å²) in [6.45, 7) is 4.26. The standard InChI is InChI=1S/C15H17NO/c1-11-3-4-13-14(10-17-15(13)9-11)12-5-7-16(2)8-6-12/h3-5,9-10H,6-8H2,1-2H3. The number of hydrogen-bond donors (Lipinski definition) is 0. The van der Waals surface area contributed by atoms with Crippen LogP contribution in [0, 0.1) is 6.92 Å². The lowest BCUT2D eigenvalue weighted by atomic mass is 9.99.